The van der Waals surface area contributed by atoms with Gasteiger partial charge in [0.15, 0.2) is 0 Å². The van der Waals surface area contributed by atoms with Crippen molar-refractivity contribution >= 4 is 0 Å². The molecule has 0 atom stereocenters. The molecule has 0 aliphatic heterocycles. The van der Waals surface area contributed by atoms with Gasteiger partial charge in [0, 0.05) is 7.05 Å². The van der Waals surface area contributed by atoms with Gasteiger partial charge in [0.1, 0.15) is 0 Å². The summed E-state index contributed by atoms with van der Waals surface area (Å²) in [6.45, 7) is 0.118. The van der Waals surface area contributed by atoms with E-state index in [1.807, 2.05) is 0 Å². The summed E-state index contributed by atoms with van der Waals surface area (Å²) in [6, 6.07) is 0. The standard InChI is InChI=1S/C5H13NO5/c1-4(7,8)5(9,10)3-6(2)11/h7-11H,3H2,1-2H3. The van der Waals surface area contributed by atoms with E-state index in [-0.39, 0.29) is 0 Å². The molecule has 0 bridgehead atoms. The first-order valence-corrected chi connectivity index (χ1v) is 2.96. The molecule has 0 radical (unpaired) electrons. The Kier molecular flexibility index (Phi) is 2.95. The minimum Gasteiger partial charge on any atom is -0.362 e. The van der Waals surface area contributed by atoms with Gasteiger partial charge in [-0.25, -0.2) is 0 Å². The van der Waals surface area contributed by atoms with E-state index in [0.717, 1.165) is 14.0 Å². The van der Waals surface area contributed by atoms with Crippen LogP contribution in [0.15, 0.2) is 0 Å². The molecule has 0 saturated heterocycles. The molecule has 0 unspecified atom stereocenters. The van der Waals surface area contributed by atoms with Crippen LogP contribution in [0.25, 0.3) is 0 Å². The maximum atomic E-state index is 8.88. The number of hydrogen-bond donors (Lipinski definition) is 5. The average molecular weight is 167 g/mol. The van der Waals surface area contributed by atoms with Crippen LogP contribution in [0.1, 0.15) is 6.92 Å². The lowest BCUT2D eigenvalue weighted by atomic mass is 10.1. The Morgan fingerprint density at radius 3 is 1.64 bits per heavy atom. The van der Waals surface area contributed by atoms with Crippen molar-refractivity contribution in [3.8, 4) is 0 Å². The number of likely N-dealkylation sites (N-methyl/N-ethyl adjacent to an activating group) is 1. The van der Waals surface area contributed by atoms with Crippen molar-refractivity contribution in [3.05, 3.63) is 0 Å². The molecule has 0 fully saturated rings. The molecule has 0 saturated carbocycles. The van der Waals surface area contributed by atoms with Crippen molar-refractivity contribution in [1.82, 2.24) is 5.06 Å². The lowest BCUT2D eigenvalue weighted by molar-refractivity contribution is -0.362. The highest BCUT2D eigenvalue weighted by molar-refractivity contribution is 4.78. The molecule has 0 aliphatic rings. The molecule has 0 aromatic heterocycles. The molecule has 68 valence electrons. The molecule has 0 aromatic rings. The van der Waals surface area contributed by atoms with Gasteiger partial charge in [-0.1, -0.05) is 0 Å². The quantitative estimate of drug-likeness (QED) is 0.239. The lowest BCUT2D eigenvalue weighted by Crippen LogP contribution is -2.57. The van der Waals surface area contributed by atoms with Crippen LogP contribution in [0.3, 0.4) is 0 Å². The van der Waals surface area contributed by atoms with E-state index in [9.17, 15) is 0 Å². The van der Waals surface area contributed by atoms with E-state index >= 15 is 0 Å². The summed E-state index contributed by atoms with van der Waals surface area (Å²) in [6.07, 6.45) is 0. The molecular weight excluding hydrogens is 154 g/mol. The van der Waals surface area contributed by atoms with Crippen LogP contribution in [-0.2, 0) is 0 Å². The minimum absolute atomic E-state index is 0.435. The van der Waals surface area contributed by atoms with Crippen molar-refractivity contribution in [2.45, 2.75) is 18.5 Å². The zero-order valence-electron chi connectivity index (χ0n) is 6.39. The number of nitrogens with zero attached hydrogens (tertiary/aromatic N) is 1. The molecule has 0 spiro atoms. The van der Waals surface area contributed by atoms with E-state index in [2.05, 4.69) is 0 Å². The second-order valence-corrected chi connectivity index (χ2v) is 2.65. The van der Waals surface area contributed by atoms with E-state index in [1.165, 1.54) is 0 Å². The Morgan fingerprint density at radius 2 is 1.55 bits per heavy atom. The van der Waals surface area contributed by atoms with Gasteiger partial charge in [-0.05, 0) is 6.92 Å². The maximum Gasteiger partial charge on any atom is 0.233 e. The highest BCUT2D eigenvalue weighted by Crippen LogP contribution is 2.16. The summed E-state index contributed by atoms with van der Waals surface area (Å²) in [5.41, 5.74) is 0. The summed E-state index contributed by atoms with van der Waals surface area (Å²) in [5, 5.41) is 44.2. The second kappa shape index (κ2) is 3.02. The summed E-state index contributed by atoms with van der Waals surface area (Å²) in [4.78, 5) is 0. The Balaban J connectivity index is 4.22. The molecule has 0 rings (SSSR count). The molecule has 5 N–H and O–H groups in total. The van der Waals surface area contributed by atoms with Gasteiger partial charge in [0.25, 0.3) is 0 Å². The Morgan fingerprint density at radius 1 is 1.18 bits per heavy atom. The average Bonchev–Trinajstić information content (AvgIpc) is 1.56. The van der Waals surface area contributed by atoms with Crippen LogP contribution in [0.2, 0.25) is 0 Å². The first-order chi connectivity index (χ1) is 4.67. The molecule has 0 aliphatic carbocycles. The van der Waals surface area contributed by atoms with Crippen molar-refractivity contribution in [3.63, 3.8) is 0 Å². The van der Waals surface area contributed by atoms with Crippen molar-refractivity contribution in [1.29, 1.82) is 0 Å². The van der Waals surface area contributed by atoms with E-state index in [4.69, 9.17) is 25.6 Å². The van der Waals surface area contributed by atoms with Crippen LogP contribution in [0.5, 0.6) is 0 Å². The number of hydroxylamine groups is 2. The third kappa shape index (κ3) is 3.10. The molecule has 6 heteroatoms. The van der Waals surface area contributed by atoms with Gasteiger partial charge in [0.05, 0.1) is 6.54 Å². The molecule has 6 nitrogen and oxygen atoms in total. The molecule has 0 amide bonds. The van der Waals surface area contributed by atoms with Crippen molar-refractivity contribution in [2.75, 3.05) is 13.6 Å². The van der Waals surface area contributed by atoms with Crippen LogP contribution >= 0.6 is 0 Å². The summed E-state index contributed by atoms with van der Waals surface area (Å²) < 4.78 is 0. The SMILES string of the molecule is CN(O)CC(O)(O)C(C)(O)O. The van der Waals surface area contributed by atoms with Crippen LogP contribution in [0, 0.1) is 0 Å². The predicted octanol–water partition coefficient (Wildman–Crippen LogP) is -2.31. The zero-order chi connectivity index (χ0) is 9.28. The first-order valence-electron chi connectivity index (χ1n) is 2.96. The Hall–Kier alpha value is -0.240. The fourth-order valence-electron chi connectivity index (χ4n) is 0.469. The third-order valence-corrected chi connectivity index (χ3v) is 1.21. The summed E-state index contributed by atoms with van der Waals surface area (Å²) in [5.74, 6) is -5.42. The first kappa shape index (κ1) is 10.8. The smallest absolute Gasteiger partial charge is 0.233 e. The number of rotatable bonds is 3. The highest BCUT2D eigenvalue weighted by atomic mass is 16.6. The van der Waals surface area contributed by atoms with Crippen LogP contribution < -0.4 is 0 Å². The van der Waals surface area contributed by atoms with Gasteiger partial charge in [0.2, 0.25) is 11.6 Å². The normalized spacial score (nSPS) is 14.2. The van der Waals surface area contributed by atoms with Crippen LogP contribution in [-0.4, -0.2) is 55.9 Å². The summed E-state index contributed by atoms with van der Waals surface area (Å²) >= 11 is 0. The monoisotopic (exact) mass is 167 g/mol. The van der Waals surface area contributed by atoms with E-state index in [1.54, 1.807) is 0 Å². The largest absolute Gasteiger partial charge is 0.362 e. The van der Waals surface area contributed by atoms with Crippen molar-refractivity contribution in [2.24, 2.45) is 0 Å². The van der Waals surface area contributed by atoms with E-state index in [0.29, 0.717) is 5.06 Å². The van der Waals surface area contributed by atoms with Gasteiger partial charge < -0.3 is 25.6 Å². The van der Waals surface area contributed by atoms with E-state index < -0.39 is 18.1 Å². The number of aliphatic hydroxyl groups is 4. The summed E-state index contributed by atoms with van der Waals surface area (Å²) in [7, 11) is 1.15. The predicted molar refractivity (Wildman–Crippen MR) is 34.4 cm³/mol. The molecule has 0 heterocycles. The topological polar surface area (TPSA) is 104 Å². The highest BCUT2D eigenvalue weighted by Gasteiger charge is 2.43. The lowest BCUT2D eigenvalue weighted by Gasteiger charge is -2.33. The number of hydrogen-bond acceptors (Lipinski definition) is 6. The second-order valence-electron chi connectivity index (χ2n) is 2.65. The van der Waals surface area contributed by atoms with Gasteiger partial charge in [-0.3, -0.25) is 0 Å². The fourth-order valence-corrected chi connectivity index (χ4v) is 0.469. The minimum atomic E-state index is -2.75. The van der Waals surface area contributed by atoms with Gasteiger partial charge in [-0.15, -0.1) is 0 Å². The van der Waals surface area contributed by atoms with Crippen molar-refractivity contribution < 1.29 is 25.6 Å². The molecule has 0 aromatic carbocycles. The van der Waals surface area contributed by atoms with Gasteiger partial charge in [-0.2, -0.15) is 5.06 Å². The Bertz CT molecular complexity index is 127. The maximum absolute atomic E-state index is 8.88. The molecule has 11 heavy (non-hydrogen) atoms. The van der Waals surface area contributed by atoms with Crippen LogP contribution in [0.4, 0.5) is 0 Å². The zero-order valence-corrected chi connectivity index (χ0v) is 6.39. The fraction of sp³-hybridized carbons (Fsp3) is 1.00. The molecular formula is C5H13NO5. The third-order valence-electron chi connectivity index (χ3n) is 1.21. The Labute approximate surface area is 63.9 Å². The van der Waals surface area contributed by atoms with Gasteiger partial charge >= 0.3 is 0 Å².